The minimum atomic E-state index is 0.291. The predicted molar refractivity (Wildman–Crippen MR) is 129 cm³/mol. The van der Waals surface area contributed by atoms with E-state index < -0.39 is 0 Å². The molecular weight excluding hydrogens is 350 g/mol. The Labute approximate surface area is 178 Å². The summed E-state index contributed by atoms with van der Waals surface area (Å²) in [5, 5.41) is 3.67. The summed E-state index contributed by atoms with van der Waals surface area (Å²) < 4.78 is 0. The predicted octanol–water partition coefficient (Wildman–Crippen LogP) is 8.65. The van der Waals surface area contributed by atoms with E-state index in [1.54, 1.807) is 11.1 Å². The summed E-state index contributed by atoms with van der Waals surface area (Å²) in [4.78, 5) is 0. The van der Waals surface area contributed by atoms with E-state index >= 15 is 0 Å². The summed E-state index contributed by atoms with van der Waals surface area (Å²) in [6.45, 7) is 6.77. The van der Waals surface area contributed by atoms with E-state index in [0.29, 0.717) is 6.04 Å². The Morgan fingerprint density at radius 1 is 0.793 bits per heavy atom. The summed E-state index contributed by atoms with van der Waals surface area (Å²) in [6.07, 6.45) is 16.0. The minimum Gasteiger partial charge on any atom is -0.378 e. The Morgan fingerprint density at radius 3 is 2.03 bits per heavy atom. The molecule has 0 saturated carbocycles. The van der Waals surface area contributed by atoms with Gasteiger partial charge in [-0.25, -0.2) is 0 Å². The molecule has 0 aliphatic carbocycles. The van der Waals surface area contributed by atoms with Crippen LogP contribution in [0, 0.1) is 0 Å². The third-order valence-corrected chi connectivity index (χ3v) is 5.45. The van der Waals surface area contributed by atoms with Crippen molar-refractivity contribution >= 4 is 5.69 Å². The van der Waals surface area contributed by atoms with Gasteiger partial charge in [0.2, 0.25) is 0 Å². The Balaban J connectivity index is 1.83. The topological polar surface area (TPSA) is 12.0 Å². The number of hydrogen-bond acceptors (Lipinski definition) is 1. The zero-order valence-corrected chi connectivity index (χ0v) is 18.4. The van der Waals surface area contributed by atoms with Gasteiger partial charge in [0.15, 0.2) is 0 Å². The van der Waals surface area contributed by atoms with Gasteiger partial charge in [0.05, 0.1) is 6.04 Å². The van der Waals surface area contributed by atoms with Crippen molar-refractivity contribution in [2.45, 2.75) is 65.3 Å². The second-order valence-electron chi connectivity index (χ2n) is 7.52. The summed E-state index contributed by atoms with van der Waals surface area (Å²) >= 11 is 0. The number of para-hydroxylation sites is 1. The summed E-state index contributed by atoms with van der Waals surface area (Å²) in [5.41, 5.74) is 5.64. The fourth-order valence-corrected chi connectivity index (χ4v) is 3.46. The van der Waals surface area contributed by atoms with Crippen LogP contribution in [-0.4, -0.2) is 0 Å². The average molecular weight is 388 g/mol. The van der Waals surface area contributed by atoms with E-state index in [2.05, 4.69) is 111 Å². The van der Waals surface area contributed by atoms with E-state index in [9.17, 15) is 0 Å². The normalized spacial score (nSPS) is 13.6. The lowest BCUT2D eigenvalue weighted by Crippen LogP contribution is -2.09. The SMILES string of the molecule is CC/C(C)=C(\CC)C/C=C/CC/C=C/CC(Nc1ccccc1)c1ccccc1. The van der Waals surface area contributed by atoms with Crippen LogP contribution in [0.2, 0.25) is 0 Å². The fraction of sp³-hybridized carbons (Fsp3) is 0.357. The maximum absolute atomic E-state index is 3.67. The van der Waals surface area contributed by atoms with Crippen molar-refractivity contribution < 1.29 is 0 Å². The molecule has 0 spiro atoms. The van der Waals surface area contributed by atoms with Gasteiger partial charge in [-0.1, -0.05) is 97.8 Å². The number of unbranched alkanes of at least 4 members (excludes halogenated alkanes) is 1. The maximum Gasteiger partial charge on any atom is 0.0548 e. The molecule has 1 heteroatoms. The van der Waals surface area contributed by atoms with Crippen molar-refractivity contribution in [2.75, 3.05) is 5.32 Å². The molecule has 29 heavy (non-hydrogen) atoms. The maximum atomic E-state index is 3.67. The largest absolute Gasteiger partial charge is 0.378 e. The van der Waals surface area contributed by atoms with Gasteiger partial charge in [0, 0.05) is 5.69 Å². The van der Waals surface area contributed by atoms with Gasteiger partial charge < -0.3 is 5.32 Å². The van der Waals surface area contributed by atoms with E-state index in [1.165, 1.54) is 24.1 Å². The van der Waals surface area contributed by atoms with Crippen molar-refractivity contribution in [3.63, 3.8) is 0 Å². The molecular formula is C28H37N. The molecule has 0 aromatic heterocycles. The number of allylic oxidation sites excluding steroid dienone is 5. The lowest BCUT2D eigenvalue weighted by Gasteiger charge is -2.19. The highest BCUT2D eigenvalue weighted by Crippen LogP contribution is 2.23. The van der Waals surface area contributed by atoms with Crippen molar-refractivity contribution in [2.24, 2.45) is 0 Å². The smallest absolute Gasteiger partial charge is 0.0548 e. The van der Waals surface area contributed by atoms with Gasteiger partial charge in [-0.15, -0.1) is 0 Å². The second kappa shape index (κ2) is 13.6. The van der Waals surface area contributed by atoms with E-state index in [-0.39, 0.29) is 0 Å². The van der Waals surface area contributed by atoms with Crippen LogP contribution in [0.3, 0.4) is 0 Å². The van der Waals surface area contributed by atoms with Gasteiger partial charge in [-0.05, 0) is 63.1 Å². The molecule has 1 N–H and O–H groups in total. The molecule has 1 unspecified atom stereocenters. The lowest BCUT2D eigenvalue weighted by molar-refractivity contribution is 0.794. The molecule has 154 valence electrons. The number of hydrogen-bond donors (Lipinski definition) is 1. The first kappa shape index (κ1) is 22.7. The van der Waals surface area contributed by atoms with E-state index in [0.717, 1.165) is 25.7 Å². The highest BCUT2D eigenvalue weighted by molar-refractivity contribution is 5.45. The number of nitrogens with one attached hydrogen (secondary N) is 1. The van der Waals surface area contributed by atoms with Gasteiger partial charge in [0.1, 0.15) is 0 Å². The summed E-state index contributed by atoms with van der Waals surface area (Å²) in [7, 11) is 0. The van der Waals surface area contributed by atoms with Crippen LogP contribution >= 0.6 is 0 Å². The fourth-order valence-electron chi connectivity index (χ4n) is 3.46. The number of rotatable bonds is 12. The highest BCUT2D eigenvalue weighted by atomic mass is 14.9. The minimum absolute atomic E-state index is 0.291. The Bertz CT molecular complexity index is 768. The quantitative estimate of drug-likeness (QED) is 0.284. The first-order valence-corrected chi connectivity index (χ1v) is 11.1. The van der Waals surface area contributed by atoms with Gasteiger partial charge in [-0.3, -0.25) is 0 Å². The molecule has 0 aliphatic rings. The van der Waals surface area contributed by atoms with Crippen molar-refractivity contribution in [3.8, 4) is 0 Å². The van der Waals surface area contributed by atoms with Gasteiger partial charge in [0.25, 0.3) is 0 Å². The highest BCUT2D eigenvalue weighted by Gasteiger charge is 2.09. The first-order valence-electron chi connectivity index (χ1n) is 11.1. The third-order valence-electron chi connectivity index (χ3n) is 5.45. The van der Waals surface area contributed by atoms with Crippen molar-refractivity contribution in [1.29, 1.82) is 0 Å². The Hall–Kier alpha value is -2.54. The standard InChI is InChI=1S/C28H37N/c1-4-24(3)25(5-2)18-12-8-6-7-9-17-23-28(26-19-13-10-14-20-26)29-27-21-15-11-16-22-27/h8-17,19-22,28-29H,4-7,18,23H2,1-3H3/b12-8+,17-9+,25-24+. The first-order chi connectivity index (χ1) is 14.2. The second-order valence-corrected chi connectivity index (χ2v) is 7.52. The zero-order valence-electron chi connectivity index (χ0n) is 18.4. The zero-order chi connectivity index (χ0) is 20.7. The monoisotopic (exact) mass is 387 g/mol. The lowest BCUT2D eigenvalue weighted by atomic mass is 10.0. The third kappa shape index (κ3) is 8.56. The van der Waals surface area contributed by atoms with Crippen LogP contribution in [-0.2, 0) is 0 Å². The van der Waals surface area contributed by atoms with Gasteiger partial charge >= 0.3 is 0 Å². The molecule has 2 aromatic carbocycles. The molecule has 2 aromatic rings. The van der Waals surface area contributed by atoms with Gasteiger partial charge in [-0.2, -0.15) is 0 Å². The van der Waals surface area contributed by atoms with E-state index in [1.807, 2.05) is 0 Å². The molecule has 2 rings (SSSR count). The molecule has 0 amide bonds. The van der Waals surface area contributed by atoms with Crippen LogP contribution in [0.15, 0.2) is 96.1 Å². The van der Waals surface area contributed by atoms with Crippen LogP contribution < -0.4 is 5.32 Å². The molecule has 1 nitrogen and oxygen atoms in total. The van der Waals surface area contributed by atoms with Crippen LogP contribution in [0.25, 0.3) is 0 Å². The summed E-state index contributed by atoms with van der Waals surface area (Å²) in [5.74, 6) is 0. The summed E-state index contributed by atoms with van der Waals surface area (Å²) in [6, 6.07) is 21.5. The Morgan fingerprint density at radius 2 is 1.41 bits per heavy atom. The average Bonchev–Trinajstić information content (AvgIpc) is 2.78. The molecule has 0 heterocycles. The molecule has 1 atom stereocenters. The van der Waals surface area contributed by atoms with E-state index in [4.69, 9.17) is 0 Å². The molecule has 0 fully saturated rings. The van der Waals surface area contributed by atoms with Crippen LogP contribution in [0.1, 0.15) is 70.9 Å². The molecule has 0 aliphatic heterocycles. The number of anilines is 1. The Kier molecular flexibility index (Phi) is 10.7. The molecule has 0 bridgehead atoms. The van der Waals surface area contributed by atoms with Crippen LogP contribution in [0.4, 0.5) is 5.69 Å². The molecule has 0 saturated heterocycles. The van der Waals surface area contributed by atoms with Crippen LogP contribution in [0.5, 0.6) is 0 Å². The molecule has 0 radical (unpaired) electrons. The number of benzene rings is 2. The van der Waals surface area contributed by atoms with Crippen molar-refractivity contribution in [1.82, 2.24) is 0 Å². The van der Waals surface area contributed by atoms with Crippen molar-refractivity contribution in [3.05, 3.63) is 102 Å².